The number of nitrogens with one attached hydrogen (secondary N) is 1. The second-order valence-electron chi connectivity index (χ2n) is 5.74. The van der Waals surface area contributed by atoms with Crippen molar-refractivity contribution in [2.75, 3.05) is 18.9 Å². The van der Waals surface area contributed by atoms with Gasteiger partial charge in [0.05, 0.1) is 12.6 Å². The second kappa shape index (κ2) is 6.29. The van der Waals surface area contributed by atoms with E-state index in [1.54, 1.807) is 0 Å². The summed E-state index contributed by atoms with van der Waals surface area (Å²) in [5, 5.41) is 4.83. The van der Waals surface area contributed by atoms with Crippen molar-refractivity contribution in [3.8, 4) is 0 Å². The van der Waals surface area contributed by atoms with Gasteiger partial charge < -0.3 is 10.1 Å². The topological polar surface area (TPSA) is 33.6 Å². The van der Waals surface area contributed by atoms with E-state index in [1.165, 1.54) is 55.9 Å². The summed E-state index contributed by atoms with van der Waals surface area (Å²) in [6.45, 7) is 1.79. The highest BCUT2D eigenvalue weighted by molar-refractivity contribution is 8.13. The maximum Gasteiger partial charge on any atom is 0.156 e. The Morgan fingerprint density at radius 1 is 1.17 bits per heavy atom. The van der Waals surface area contributed by atoms with Crippen LogP contribution >= 0.6 is 11.8 Å². The molecule has 0 aromatic carbocycles. The van der Waals surface area contributed by atoms with Gasteiger partial charge in [-0.1, -0.05) is 24.6 Å². The van der Waals surface area contributed by atoms with E-state index in [0.29, 0.717) is 12.1 Å². The number of rotatable bonds is 2. The van der Waals surface area contributed by atoms with E-state index in [-0.39, 0.29) is 0 Å². The van der Waals surface area contributed by atoms with E-state index in [1.807, 2.05) is 11.8 Å². The summed E-state index contributed by atoms with van der Waals surface area (Å²) in [6.07, 6.45) is 9.65. The monoisotopic (exact) mass is 268 g/mol. The van der Waals surface area contributed by atoms with E-state index in [0.717, 1.165) is 19.1 Å². The molecule has 1 aliphatic carbocycles. The van der Waals surface area contributed by atoms with Gasteiger partial charge >= 0.3 is 0 Å². The molecule has 3 unspecified atom stereocenters. The van der Waals surface area contributed by atoms with Crippen molar-refractivity contribution in [3.63, 3.8) is 0 Å². The van der Waals surface area contributed by atoms with Crippen LogP contribution in [0.3, 0.4) is 0 Å². The molecule has 3 rings (SSSR count). The van der Waals surface area contributed by atoms with Crippen LogP contribution in [-0.4, -0.2) is 36.2 Å². The molecule has 3 fully saturated rings. The minimum Gasteiger partial charge on any atom is -0.376 e. The summed E-state index contributed by atoms with van der Waals surface area (Å²) < 4.78 is 5.73. The SMILES string of the molecule is C1CCC(CN=C2NC3CCCCC3CS2)OC1. The van der Waals surface area contributed by atoms with Crippen molar-refractivity contribution in [2.45, 2.75) is 57.1 Å². The Bertz CT molecular complexity index is 302. The van der Waals surface area contributed by atoms with Gasteiger partial charge in [0.1, 0.15) is 0 Å². The molecule has 2 aliphatic heterocycles. The third kappa shape index (κ3) is 3.21. The van der Waals surface area contributed by atoms with E-state index >= 15 is 0 Å². The van der Waals surface area contributed by atoms with E-state index in [2.05, 4.69) is 5.32 Å². The van der Waals surface area contributed by atoms with Crippen molar-refractivity contribution < 1.29 is 4.74 Å². The number of amidine groups is 1. The second-order valence-corrected chi connectivity index (χ2v) is 6.75. The predicted octanol–water partition coefficient (Wildman–Crippen LogP) is 2.81. The van der Waals surface area contributed by atoms with E-state index in [9.17, 15) is 0 Å². The highest BCUT2D eigenvalue weighted by Gasteiger charge is 2.30. The van der Waals surface area contributed by atoms with Gasteiger partial charge in [-0.2, -0.15) is 0 Å². The third-order valence-electron chi connectivity index (χ3n) is 4.36. The van der Waals surface area contributed by atoms with Gasteiger partial charge in [0.2, 0.25) is 0 Å². The lowest BCUT2D eigenvalue weighted by Crippen LogP contribution is -2.46. The number of hydrogen-bond donors (Lipinski definition) is 1. The maximum atomic E-state index is 5.73. The number of fused-ring (bicyclic) bond motifs is 1. The van der Waals surface area contributed by atoms with Crippen molar-refractivity contribution in [3.05, 3.63) is 0 Å². The summed E-state index contributed by atoms with van der Waals surface area (Å²) in [4.78, 5) is 4.74. The Labute approximate surface area is 114 Å². The molecule has 1 N–H and O–H groups in total. The van der Waals surface area contributed by atoms with Crippen LogP contribution in [0.15, 0.2) is 4.99 Å². The van der Waals surface area contributed by atoms with Crippen LogP contribution in [0.4, 0.5) is 0 Å². The first-order valence-corrected chi connectivity index (χ1v) is 8.46. The summed E-state index contributed by atoms with van der Waals surface area (Å²) in [5.41, 5.74) is 0. The molecule has 4 heteroatoms. The molecule has 0 aromatic rings. The van der Waals surface area contributed by atoms with Gasteiger partial charge in [0.15, 0.2) is 5.17 Å². The maximum absolute atomic E-state index is 5.73. The first-order valence-electron chi connectivity index (χ1n) is 7.47. The number of hydrogen-bond acceptors (Lipinski definition) is 3. The molecule has 3 nitrogen and oxygen atoms in total. The standard InChI is InChI=1S/C14H24N2OS/c1-2-7-13-11(5-1)10-18-14(16-13)15-9-12-6-3-4-8-17-12/h11-13H,1-10H2,(H,15,16). The van der Waals surface area contributed by atoms with Gasteiger partial charge in [-0.3, -0.25) is 4.99 Å². The molecule has 3 atom stereocenters. The number of ether oxygens (including phenoxy) is 1. The largest absolute Gasteiger partial charge is 0.376 e. The zero-order valence-electron chi connectivity index (χ0n) is 11.1. The smallest absolute Gasteiger partial charge is 0.156 e. The lowest BCUT2D eigenvalue weighted by atomic mass is 9.86. The van der Waals surface area contributed by atoms with E-state index in [4.69, 9.17) is 9.73 Å². The zero-order valence-corrected chi connectivity index (χ0v) is 11.9. The van der Waals surface area contributed by atoms with E-state index < -0.39 is 0 Å². The first kappa shape index (κ1) is 12.8. The molecule has 2 saturated heterocycles. The van der Waals surface area contributed by atoms with Gasteiger partial charge in [0, 0.05) is 18.4 Å². The predicted molar refractivity (Wildman–Crippen MR) is 77.2 cm³/mol. The van der Waals surface area contributed by atoms with Gasteiger partial charge in [-0.05, 0) is 38.0 Å². The van der Waals surface area contributed by atoms with Crippen LogP contribution in [0.25, 0.3) is 0 Å². The summed E-state index contributed by atoms with van der Waals surface area (Å²) in [7, 11) is 0. The van der Waals surface area contributed by atoms with Crippen molar-refractivity contribution in [1.82, 2.24) is 5.32 Å². The molecule has 0 spiro atoms. The van der Waals surface area contributed by atoms with Gasteiger partial charge in [0.25, 0.3) is 0 Å². The first-order chi connectivity index (χ1) is 8.92. The Morgan fingerprint density at radius 3 is 2.94 bits per heavy atom. The molecule has 102 valence electrons. The fraction of sp³-hybridized carbons (Fsp3) is 0.929. The Kier molecular flexibility index (Phi) is 4.47. The quantitative estimate of drug-likeness (QED) is 0.836. The van der Waals surface area contributed by atoms with Crippen LogP contribution in [-0.2, 0) is 4.74 Å². The Balaban J connectivity index is 1.50. The summed E-state index contributed by atoms with van der Waals surface area (Å²) in [6, 6.07) is 0.700. The summed E-state index contributed by atoms with van der Waals surface area (Å²) >= 11 is 1.92. The lowest BCUT2D eigenvalue weighted by Gasteiger charge is -2.37. The molecule has 2 heterocycles. The molecule has 3 aliphatic rings. The van der Waals surface area contributed by atoms with Gasteiger partial charge in [-0.25, -0.2) is 0 Å². The molecule has 18 heavy (non-hydrogen) atoms. The minimum absolute atomic E-state index is 0.373. The average Bonchev–Trinajstić information content (AvgIpc) is 2.46. The zero-order chi connectivity index (χ0) is 12.2. The molecule has 1 saturated carbocycles. The highest BCUT2D eigenvalue weighted by atomic mass is 32.2. The fourth-order valence-corrected chi connectivity index (χ4v) is 4.38. The lowest BCUT2D eigenvalue weighted by molar-refractivity contribution is 0.0225. The van der Waals surface area contributed by atoms with Crippen LogP contribution in [0.5, 0.6) is 0 Å². The Morgan fingerprint density at radius 2 is 2.06 bits per heavy atom. The van der Waals surface area contributed by atoms with Crippen molar-refractivity contribution in [1.29, 1.82) is 0 Å². The highest BCUT2D eigenvalue weighted by Crippen LogP contribution is 2.31. The molecule has 0 aromatic heterocycles. The minimum atomic E-state index is 0.373. The van der Waals surface area contributed by atoms with Crippen LogP contribution in [0.1, 0.15) is 44.9 Å². The van der Waals surface area contributed by atoms with Crippen molar-refractivity contribution >= 4 is 16.9 Å². The molecule has 0 bridgehead atoms. The number of aliphatic imine (C=N–C) groups is 1. The normalized spacial score (nSPS) is 39.1. The molecule has 0 amide bonds. The van der Waals surface area contributed by atoms with Crippen LogP contribution in [0, 0.1) is 5.92 Å². The van der Waals surface area contributed by atoms with Crippen molar-refractivity contribution in [2.24, 2.45) is 10.9 Å². The molecular weight excluding hydrogens is 244 g/mol. The number of nitrogens with zero attached hydrogens (tertiary/aromatic N) is 1. The summed E-state index contributed by atoms with van der Waals surface area (Å²) in [5.74, 6) is 2.15. The van der Waals surface area contributed by atoms with Gasteiger partial charge in [-0.15, -0.1) is 0 Å². The molecule has 0 radical (unpaired) electrons. The fourth-order valence-electron chi connectivity index (χ4n) is 3.21. The number of thioether (sulfide) groups is 1. The van der Waals surface area contributed by atoms with Crippen LogP contribution in [0.2, 0.25) is 0 Å². The average molecular weight is 268 g/mol. The Hall–Kier alpha value is -0.220. The third-order valence-corrected chi connectivity index (χ3v) is 5.48. The molecular formula is C14H24N2OS. The van der Waals surface area contributed by atoms with Crippen LogP contribution < -0.4 is 5.32 Å².